The number of halogens is 3. The van der Waals surface area contributed by atoms with Crippen molar-refractivity contribution in [1.29, 1.82) is 0 Å². The minimum atomic E-state index is -0.634. The van der Waals surface area contributed by atoms with E-state index in [4.69, 9.17) is 39.3 Å². The van der Waals surface area contributed by atoms with Crippen LogP contribution >= 0.6 is 34.8 Å². The highest BCUT2D eigenvalue weighted by molar-refractivity contribution is 6.68. The topological polar surface area (TPSA) is 43.1 Å². The Balaban J connectivity index is 2.65. The molecule has 2 aromatic rings. The Labute approximate surface area is 112 Å². The summed E-state index contributed by atoms with van der Waals surface area (Å²) in [4.78, 5) is 11.3. The summed E-state index contributed by atoms with van der Waals surface area (Å²) in [7, 11) is 0. The third-order valence-corrected chi connectivity index (χ3v) is 2.98. The second kappa shape index (κ2) is 4.69. The molecule has 0 amide bonds. The van der Waals surface area contributed by atoms with Crippen LogP contribution in [0.2, 0.25) is 10.0 Å². The summed E-state index contributed by atoms with van der Waals surface area (Å²) < 4.78 is 4.95. The van der Waals surface area contributed by atoms with E-state index in [0.717, 1.165) is 0 Å². The second-order valence-corrected chi connectivity index (χ2v) is 4.55. The van der Waals surface area contributed by atoms with E-state index in [1.54, 1.807) is 25.1 Å². The summed E-state index contributed by atoms with van der Waals surface area (Å²) in [5.74, 6) is 0.353. The van der Waals surface area contributed by atoms with E-state index in [1.807, 2.05) is 0 Å². The van der Waals surface area contributed by atoms with Gasteiger partial charge < -0.3 is 4.52 Å². The van der Waals surface area contributed by atoms with Gasteiger partial charge in [-0.2, -0.15) is 0 Å². The zero-order valence-electron chi connectivity index (χ0n) is 8.63. The van der Waals surface area contributed by atoms with Crippen LogP contribution in [-0.2, 0) is 0 Å². The van der Waals surface area contributed by atoms with Crippen molar-refractivity contribution in [2.75, 3.05) is 0 Å². The van der Waals surface area contributed by atoms with Crippen LogP contribution in [0.3, 0.4) is 0 Å². The van der Waals surface area contributed by atoms with Gasteiger partial charge in [0.1, 0.15) is 17.0 Å². The van der Waals surface area contributed by atoms with Crippen molar-refractivity contribution in [3.8, 4) is 11.3 Å². The molecule has 2 rings (SSSR count). The monoisotopic (exact) mass is 289 g/mol. The number of carbonyl (C=O) groups excluding carboxylic acids is 1. The summed E-state index contributed by atoms with van der Waals surface area (Å²) in [5, 5.41) is 4.03. The molecule has 1 aromatic heterocycles. The van der Waals surface area contributed by atoms with Gasteiger partial charge in [-0.15, -0.1) is 0 Å². The van der Waals surface area contributed by atoms with Gasteiger partial charge in [-0.3, -0.25) is 4.79 Å². The fourth-order valence-corrected chi connectivity index (χ4v) is 2.19. The van der Waals surface area contributed by atoms with Gasteiger partial charge in [0.2, 0.25) is 0 Å². The van der Waals surface area contributed by atoms with Crippen molar-refractivity contribution < 1.29 is 9.32 Å². The van der Waals surface area contributed by atoms with E-state index in [2.05, 4.69) is 5.16 Å². The summed E-state index contributed by atoms with van der Waals surface area (Å²) in [6, 6.07) is 4.87. The maximum atomic E-state index is 11.3. The molecular weight excluding hydrogens is 284 g/mol. The van der Waals surface area contributed by atoms with Crippen LogP contribution in [0.15, 0.2) is 22.7 Å². The first-order valence-corrected chi connectivity index (χ1v) is 5.75. The summed E-state index contributed by atoms with van der Waals surface area (Å²) >= 11 is 17.3. The smallest absolute Gasteiger partial charge is 0.258 e. The van der Waals surface area contributed by atoms with Crippen LogP contribution in [0.5, 0.6) is 0 Å². The largest absolute Gasteiger partial charge is 0.360 e. The fourth-order valence-electron chi connectivity index (χ4n) is 1.47. The molecule has 0 fully saturated rings. The van der Waals surface area contributed by atoms with Crippen molar-refractivity contribution in [3.05, 3.63) is 39.6 Å². The molecule has 0 spiro atoms. The molecule has 1 heterocycles. The lowest BCUT2D eigenvalue weighted by Gasteiger charge is -2.01. The Morgan fingerprint density at radius 3 is 2.65 bits per heavy atom. The van der Waals surface area contributed by atoms with Crippen molar-refractivity contribution in [1.82, 2.24) is 5.16 Å². The standard InChI is InChI=1S/C11H6Cl3NO2/c1-5-9(11(14)16)10(15-17-5)7-3-2-6(12)4-8(7)13/h2-4H,1H3. The normalized spacial score (nSPS) is 10.6. The molecule has 1 aromatic carbocycles. The van der Waals surface area contributed by atoms with Crippen molar-refractivity contribution in [3.63, 3.8) is 0 Å². The second-order valence-electron chi connectivity index (χ2n) is 3.36. The minimum Gasteiger partial charge on any atom is -0.360 e. The lowest BCUT2D eigenvalue weighted by molar-refractivity contribution is 0.108. The SMILES string of the molecule is Cc1onc(-c2ccc(Cl)cc2Cl)c1C(=O)Cl. The Morgan fingerprint density at radius 2 is 2.06 bits per heavy atom. The predicted molar refractivity (Wildman–Crippen MR) is 66.9 cm³/mol. The Hall–Kier alpha value is -1.03. The van der Waals surface area contributed by atoms with Gasteiger partial charge in [0.15, 0.2) is 0 Å². The van der Waals surface area contributed by atoms with E-state index in [1.165, 1.54) is 0 Å². The minimum absolute atomic E-state index is 0.218. The molecule has 0 radical (unpaired) electrons. The highest BCUT2D eigenvalue weighted by atomic mass is 35.5. The third-order valence-electron chi connectivity index (χ3n) is 2.25. The first kappa shape index (κ1) is 12.4. The molecule has 0 unspecified atom stereocenters. The molecule has 3 nitrogen and oxygen atoms in total. The predicted octanol–water partition coefficient (Wildman–Crippen LogP) is 4.34. The molecule has 0 saturated carbocycles. The molecule has 0 aliphatic carbocycles. The molecule has 0 N–H and O–H groups in total. The van der Waals surface area contributed by atoms with Gasteiger partial charge in [-0.05, 0) is 36.7 Å². The van der Waals surface area contributed by atoms with Gasteiger partial charge in [0.05, 0.1) is 5.02 Å². The molecule has 6 heteroatoms. The first-order chi connectivity index (χ1) is 8.00. The van der Waals surface area contributed by atoms with E-state index in [-0.39, 0.29) is 5.56 Å². The maximum Gasteiger partial charge on any atom is 0.258 e. The molecule has 88 valence electrons. The number of hydrogen-bond donors (Lipinski definition) is 0. The molecule has 0 saturated heterocycles. The average molecular weight is 291 g/mol. The number of benzene rings is 1. The highest BCUT2D eigenvalue weighted by Gasteiger charge is 2.21. The number of hydrogen-bond acceptors (Lipinski definition) is 3. The van der Waals surface area contributed by atoms with E-state index < -0.39 is 5.24 Å². The molecule has 17 heavy (non-hydrogen) atoms. The van der Waals surface area contributed by atoms with Crippen LogP contribution < -0.4 is 0 Å². The van der Waals surface area contributed by atoms with Crippen LogP contribution in [0.1, 0.15) is 16.1 Å². The Kier molecular flexibility index (Phi) is 3.43. The third kappa shape index (κ3) is 2.32. The number of aryl methyl sites for hydroxylation is 1. The van der Waals surface area contributed by atoms with Crippen molar-refractivity contribution >= 4 is 40.0 Å². The molecule has 0 bridgehead atoms. The first-order valence-electron chi connectivity index (χ1n) is 4.62. The quantitative estimate of drug-likeness (QED) is 0.773. The molecule has 0 atom stereocenters. The number of carbonyl (C=O) groups is 1. The Bertz CT molecular complexity index is 592. The van der Waals surface area contributed by atoms with Gasteiger partial charge in [0.25, 0.3) is 5.24 Å². The zero-order chi connectivity index (χ0) is 12.6. The van der Waals surface area contributed by atoms with E-state index in [9.17, 15) is 4.79 Å². The van der Waals surface area contributed by atoms with Crippen molar-refractivity contribution in [2.24, 2.45) is 0 Å². The van der Waals surface area contributed by atoms with Gasteiger partial charge in [-0.1, -0.05) is 28.4 Å². The highest BCUT2D eigenvalue weighted by Crippen LogP contribution is 2.33. The lowest BCUT2D eigenvalue weighted by Crippen LogP contribution is -1.93. The molecular formula is C11H6Cl3NO2. The van der Waals surface area contributed by atoms with Gasteiger partial charge in [0, 0.05) is 10.6 Å². The molecule has 0 aliphatic heterocycles. The van der Waals surface area contributed by atoms with E-state index in [0.29, 0.717) is 27.1 Å². The molecule has 0 aliphatic rings. The summed E-state index contributed by atoms with van der Waals surface area (Å²) in [6.45, 7) is 1.61. The number of nitrogens with zero attached hydrogens (tertiary/aromatic N) is 1. The Morgan fingerprint density at radius 1 is 1.35 bits per heavy atom. The van der Waals surface area contributed by atoms with Crippen LogP contribution in [0.25, 0.3) is 11.3 Å². The maximum absolute atomic E-state index is 11.3. The number of aromatic nitrogens is 1. The zero-order valence-corrected chi connectivity index (χ0v) is 10.9. The van der Waals surface area contributed by atoms with Crippen LogP contribution in [-0.4, -0.2) is 10.4 Å². The average Bonchev–Trinajstić information content (AvgIpc) is 2.60. The fraction of sp³-hybridized carbons (Fsp3) is 0.0909. The lowest BCUT2D eigenvalue weighted by atomic mass is 10.1. The number of rotatable bonds is 2. The van der Waals surface area contributed by atoms with Gasteiger partial charge in [-0.25, -0.2) is 0 Å². The summed E-state index contributed by atoms with van der Waals surface area (Å²) in [6.07, 6.45) is 0. The van der Waals surface area contributed by atoms with Crippen molar-refractivity contribution in [2.45, 2.75) is 6.92 Å². The van der Waals surface area contributed by atoms with Crippen LogP contribution in [0.4, 0.5) is 0 Å². The van der Waals surface area contributed by atoms with Gasteiger partial charge >= 0.3 is 0 Å². The summed E-state index contributed by atoms with van der Waals surface area (Å²) in [5.41, 5.74) is 1.09. The van der Waals surface area contributed by atoms with Crippen LogP contribution in [0, 0.1) is 6.92 Å². The van der Waals surface area contributed by atoms with E-state index >= 15 is 0 Å².